The maximum atomic E-state index is 13.6. The Bertz CT molecular complexity index is 592. The lowest BCUT2D eigenvalue weighted by Crippen LogP contribution is -2.05. The van der Waals surface area contributed by atoms with E-state index >= 15 is 0 Å². The number of nitrogens with one attached hydrogen (secondary N) is 1. The zero-order chi connectivity index (χ0) is 13.8. The van der Waals surface area contributed by atoms with Crippen LogP contribution in [0.1, 0.15) is 21.9 Å². The number of rotatable bonds is 4. The lowest BCUT2D eigenvalue weighted by atomic mass is 10.2. The lowest BCUT2D eigenvalue weighted by Gasteiger charge is -2.07. The second-order valence-corrected chi connectivity index (χ2v) is 4.05. The number of carbonyl (C=O) groups is 1. The van der Waals surface area contributed by atoms with Gasteiger partial charge in [-0.05, 0) is 37.3 Å². The summed E-state index contributed by atoms with van der Waals surface area (Å²) in [5.74, 6) is 0.550. The maximum Gasteiger partial charge on any atom is 0.337 e. The number of hydrogen-bond acceptors (Lipinski definition) is 4. The Hall–Kier alpha value is -2.30. The first-order valence-electron chi connectivity index (χ1n) is 5.77. The molecule has 0 spiro atoms. The van der Waals surface area contributed by atoms with Crippen LogP contribution in [0.15, 0.2) is 34.7 Å². The van der Waals surface area contributed by atoms with E-state index in [1.54, 1.807) is 0 Å². The Morgan fingerprint density at radius 3 is 2.79 bits per heavy atom. The first-order chi connectivity index (χ1) is 9.10. The van der Waals surface area contributed by atoms with Gasteiger partial charge >= 0.3 is 5.97 Å². The molecular weight excluding hydrogens is 249 g/mol. The number of carbonyl (C=O) groups excluding carboxylic acids is 1. The summed E-state index contributed by atoms with van der Waals surface area (Å²) in [4.78, 5) is 11.4. The van der Waals surface area contributed by atoms with Crippen molar-refractivity contribution < 1.29 is 18.3 Å². The van der Waals surface area contributed by atoms with Crippen molar-refractivity contribution in [1.82, 2.24) is 0 Å². The van der Waals surface area contributed by atoms with E-state index in [1.165, 1.54) is 25.3 Å². The minimum atomic E-state index is -0.503. The molecule has 19 heavy (non-hydrogen) atoms. The quantitative estimate of drug-likeness (QED) is 0.861. The Balaban J connectivity index is 2.12. The minimum absolute atomic E-state index is 0.233. The van der Waals surface area contributed by atoms with Crippen LogP contribution in [0.2, 0.25) is 0 Å². The van der Waals surface area contributed by atoms with E-state index in [0.717, 1.165) is 5.76 Å². The van der Waals surface area contributed by atoms with E-state index in [0.29, 0.717) is 17.9 Å². The molecule has 0 amide bonds. The van der Waals surface area contributed by atoms with Crippen molar-refractivity contribution in [2.75, 3.05) is 12.4 Å². The standard InChI is InChI=1S/C14H14FNO3/c1-9-3-5-11(19-9)8-16-13-7-10(14(17)18-2)4-6-12(13)15/h3-7,16H,8H2,1-2H3. The number of methoxy groups -OCH3 is 1. The maximum absolute atomic E-state index is 13.6. The predicted octanol–water partition coefficient (Wildman–Crippen LogP) is 3.13. The second-order valence-electron chi connectivity index (χ2n) is 4.05. The van der Waals surface area contributed by atoms with Gasteiger partial charge in [-0.15, -0.1) is 0 Å². The molecule has 0 saturated carbocycles. The summed E-state index contributed by atoms with van der Waals surface area (Å²) in [6.45, 7) is 2.18. The average Bonchev–Trinajstić information content (AvgIpc) is 2.82. The molecule has 5 heteroatoms. The smallest absolute Gasteiger partial charge is 0.337 e. The molecule has 0 unspecified atom stereocenters. The van der Waals surface area contributed by atoms with Gasteiger partial charge in [0.2, 0.25) is 0 Å². The van der Waals surface area contributed by atoms with Crippen LogP contribution in [0.3, 0.4) is 0 Å². The van der Waals surface area contributed by atoms with Gasteiger partial charge in [0.15, 0.2) is 0 Å². The van der Waals surface area contributed by atoms with Crippen LogP contribution in [0, 0.1) is 12.7 Å². The van der Waals surface area contributed by atoms with Gasteiger partial charge in [0.25, 0.3) is 0 Å². The van der Waals surface area contributed by atoms with Gasteiger partial charge in [-0.2, -0.15) is 0 Å². The third-order valence-electron chi connectivity index (χ3n) is 2.64. The molecule has 1 N–H and O–H groups in total. The van der Waals surface area contributed by atoms with E-state index in [4.69, 9.17) is 4.42 Å². The number of benzene rings is 1. The number of aryl methyl sites for hydroxylation is 1. The molecule has 4 nitrogen and oxygen atoms in total. The average molecular weight is 263 g/mol. The Kier molecular flexibility index (Phi) is 3.85. The van der Waals surface area contributed by atoms with Crippen molar-refractivity contribution in [3.05, 3.63) is 53.2 Å². The summed E-state index contributed by atoms with van der Waals surface area (Å²) in [5, 5.41) is 2.89. The van der Waals surface area contributed by atoms with Gasteiger partial charge in [0, 0.05) is 0 Å². The summed E-state index contributed by atoms with van der Waals surface area (Å²) < 4.78 is 23.6. The fourth-order valence-electron chi connectivity index (χ4n) is 1.67. The van der Waals surface area contributed by atoms with Gasteiger partial charge in [0.05, 0.1) is 24.9 Å². The molecule has 0 aliphatic rings. The van der Waals surface area contributed by atoms with Gasteiger partial charge < -0.3 is 14.5 Å². The van der Waals surface area contributed by atoms with E-state index in [-0.39, 0.29) is 5.69 Å². The normalized spacial score (nSPS) is 10.3. The molecule has 0 radical (unpaired) electrons. The van der Waals surface area contributed by atoms with Crippen molar-refractivity contribution in [3.63, 3.8) is 0 Å². The third kappa shape index (κ3) is 3.13. The van der Waals surface area contributed by atoms with Crippen molar-refractivity contribution in [1.29, 1.82) is 0 Å². The van der Waals surface area contributed by atoms with Crippen molar-refractivity contribution >= 4 is 11.7 Å². The highest BCUT2D eigenvalue weighted by Gasteiger charge is 2.10. The van der Waals surface area contributed by atoms with Crippen LogP contribution >= 0.6 is 0 Å². The Labute approximate surface area is 110 Å². The van der Waals surface area contributed by atoms with E-state index < -0.39 is 11.8 Å². The Morgan fingerprint density at radius 1 is 1.37 bits per heavy atom. The summed E-state index contributed by atoms with van der Waals surface area (Å²) in [5.41, 5.74) is 0.527. The molecule has 1 aromatic carbocycles. The van der Waals surface area contributed by atoms with Crippen LogP contribution in [-0.4, -0.2) is 13.1 Å². The molecule has 1 heterocycles. The number of esters is 1. The Morgan fingerprint density at radius 2 is 2.16 bits per heavy atom. The molecule has 2 aromatic rings. The number of furan rings is 1. The molecule has 0 bridgehead atoms. The van der Waals surface area contributed by atoms with Crippen LogP contribution < -0.4 is 5.32 Å². The monoisotopic (exact) mass is 263 g/mol. The van der Waals surface area contributed by atoms with E-state index in [2.05, 4.69) is 10.1 Å². The van der Waals surface area contributed by atoms with Crippen LogP contribution in [0.5, 0.6) is 0 Å². The molecule has 2 rings (SSSR count). The molecule has 100 valence electrons. The molecule has 0 saturated heterocycles. The second kappa shape index (κ2) is 5.56. The first-order valence-corrected chi connectivity index (χ1v) is 5.77. The third-order valence-corrected chi connectivity index (χ3v) is 2.64. The molecule has 0 fully saturated rings. The van der Waals surface area contributed by atoms with Crippen molar-refractivity contribution in [3.8, 4) is 0 Å². The summed E-state index contributed by atoms with van der Waals surface area (Å²) in [6.07, 6.45) is 0. The molecule has 1 aromatic heterocycles. The van der Waals surface area contributed by atoms with E-state index in [9.17, 15) is 9.18 Å². The number of anilines is 1. The highest BCUT2D eigenvalue weighted by atomic mass is 19.1. The van der Waals surface area contributed by atoms with Crippen molar-refractivity contribution in [2.45, 2.75) is 13.5 Å². The van der Waals surface area contributed by atoms with Crippen molar-refractivity contribution in [2.24, 2.45) is 0 Å². The zero-order valence-corrected chi connectivity index (χ0v) is 10.7. The van der Waals surface area contributed by atoms with Gasteiger partial charge in [0.1, 0.15) is 17.3 Å². The highest BCUT2D eigenvalue weighted by molar-refractivity contribution is 5.90. The first kappa shape index (κ1) is 13.1. The summed E-state index contributed by atoms with van der Waals surface area (Å²) >= 11 is 0. The minimum Gasteiger partial charge on any atom is -0.465 e. The lowest BCUT2D eigenvalue weighted by molar-refractivity contribution is 0.0600. The SMILES string of the molecule is COC(=O)c1ccc(F)c(NCc2ccc(C)o2)c1. The summed E-state index contributed by atoms with van der Waals surface area (Å²) in [7, 11) is 1.28. The van der Waals surface area contributed by atoms with Gasteiger partial charge in [-0.3, -0.25) is 0 Å². The predicted molar refractivity (Wildman–Crippen MR) is 68.5 cm³/mol. The highest BCUT2D eigenvalue weighted by Crippen LogP contribution is 2.18. The number of hydrogen-bond donors (Lipinski definition) is 1. The number of ether oxygens (including phenoxy) is 1. The molecule has 0 atom stereocenters. The summed E-state index contributed by atoms with van der Waals surface area (Å²) in [6, 6.07) is 7.66. The van der Waals surface area contributed by atoms with Crippen LogP contribution in [-0.2, 0) is 11.3 Å². The van der Waals surface area contributed by atoms with Crippen LogP contribution in [0.25, 0.3) is 0 Å². The largest absolute Gasteiger partial charge is 0.465 e. The fraction of sp³-hybridized carbons (Fsp3) is 0.214. The molecule has 0 aliphatic heterocycles. The van der Waals surface area contributed by atoms with E-state index in [1.807, 2.05) is 19.1 Å². The zero-order valence-electron chi connectivity index (χ0n) is 10.7. The topological polar surface area (TPSA) is 51.5 Å². The van der Waals surface area contributed by atoms with Crippen LogP contribution in [0.4, 0.5) is 10.1 Å². The van der Waals surface area contributed by atoms with Gasteiger partial charge in [-0.1, -0.05) is 0 Å². The molecular formula is C14H14FNO3. The molecule has 0 aliphatic carbocycles. The number of halogens is 1. The van der Waals surface area contributed by atoms with Gasteiger partial charge in [-0.25, -0.2) is 9.18 Å². The fourth-order valence-corrected chi connectivity index (χ4v) is 1.67.